The highest BCUT2D eigenvalue weighted by molar-refractivity contribution is 5.87. The van der Waals surface area contributed by atoms with Crippen LogP contribution >= 0.6 is 0 Å². The van der Waals surface area contributed by atoms with Crippen LogP contribution in [0.5, 0.6) is 0 Å². The first-order valence-electron chi connectivity index (χ1n) is 9.88. The fraction of sp³-hybridized carbons (Fsp3) is 0.375. The molecule has 0 spiro atoms. The van der Waals surface area contributed by atoms with Gasteiger partial charge in [-0.1, -0.05) is 62.7 Å². The van der Waals surface area contributed by atoms with Gasteiger partial charge in [0.25, 0.3) is 0 Å². The molecule has 0 aliphatic carbocycles. The van der Waals surface area contributed by atoms with Crippen molar-refractivity contribution < 1.29 is 19.0 Å². The van der Waals surface area contributed by atoms with Crippen molar-refractivity contribution in [2.24, 2.45) is 0 Å². The summed E-state index contributed by atoms with van der Waals surface area (Å²) >= 11 is 0. The minimum atomic E-state index is -0.563. The molecule has 0 aliphatic rings. The SMILES string of the molecule is C=C(CO)C(=O)OCCCc1ccc(-c2ccc(CCCCC)cc2F)cc1. The molecular weight excluding hydrogens is 355 g/mol. The van der Waals surface area contributed by atoms with Crippen molar-refractivity contribution in [1.82, 2.24) is 0 Å². The van der Waals surface area contributed by atoms with Gasteiger partial charge in [0.1, 0.15) is 5.82 Å². The molecule has 4 heteroatoms. The van der Waals surface area contributed by atoms with Crippen molar-refractivity contribution in [3.05, 3.63) is 71.6 Å². The maximum Gasteiger partial charge on any atom is 0.335 e. The molecule has 0 aliphatic heterocycles. The Morgan fingerprint density at radius 2 is 1.71 bits per heavy atom. The minimum absolute atomic E-state index is 0.0581. The van der Waals surface area contributed by atoms with Gasteiger partial charge in [0, 0.05) is 5.56 Å². The second kappa shape index (κ2) is 11.4. The second-order valence-electron chi connectivity index (χ2n) is 6.97. The summed E-state index contributed by atoms with van der Waals surface area (Å²) < 4.78 is 19.5. The molecule has 28 heavy (non-hydrogen) atoms. The number of aliphatic hydroxyl groups excluding tert-OH is 1. The highest BCUT2D eigenvalue weighted by Gasteiger charge is 2.08. The molecule has 0 radical (unpaired) electrons. The van der Waals surface area contributed by atoms with E-state index in [-0.39, 0.29) is 18.0 Å². The van der Waals surface area contributed by atoms with Gasteiger partial charge in [0.15, 0.2) is 0 Å². The first-order chi connectivity index (χ1) is 13.5. The molecule has 2 aromatic rings. The van der Waals surface area contributed by atoms with E-state index in [1.165, 1.54) is 6.42 Å². The first kappa shape index (κ1) is 21.8. The number of carbonyl (C=O) groups is 1. The highest BCUT2D eigenvalue weighted by atomic mass is 19.1. The van der Waals surface area contributed by atoms with Crippen LogP contribution in [0.3, 0.4) is 0 Å². The summed E-state index contributed by atoms with van der Waals surface area (Å²) in [5.74, 6) is -0.746. The highest BCUT2D eigenvalue weighted by Crippen LogP contribution is 2.25. The summed E-state index contributed by atoms with van der Waals surface area (Å²) in [6.07, 6.45) is 5.75. The topological polar surface area (TPSA) is 46.5 Å². The summed E-state index contributed by atoms with van der Waals surface area (Å²) in [4.78, 5) is 11.4. The fourth-order valence-corrected chi connectivity index (χ4v) is 2.99. The Morgan fingerprint density at radius 1 is 1.04 bits per heavy atom. The van der Waals surface area contributed by atoms with Crippen LogP contribution in [0.4, 0.5) is 4.39 Å². The van der Waals surface area contributed by atoms with Crippen LogP contribution in [0, 0.1) is 5.82 Å². The Balaban J connectivity index is 1.88. The number of rotatable bonds is 11. The maximum absolute atomic E-state index is 14.5. The van der Waals surface area contributed by atoms with Gasteiger partial charge in [0.2, 0.25) is 0 Å². The lowest BCUT2D eigenvalue weighted by Crippen LogP contribution is -2.11. The molecular formula is C24H29FO3. The lowest BCUT2D eigenvalue weighted by Gasteiger charge is -2.08. The van der Waals surface area contributed by atoms with Gasteiger partial charge in [-0.3, -0.25) is 0 Å². The molecule has 0 saturated carbocycles. The molecule has 2 aromatic carbocycles. The monoisotopic (exact) mass is 384 g/mol. The van der Waals surface area contributed by atoms with E-state index in [0.29, 0.717) is 12.0 Å². The average molecular weight is 384 g/mol. The number of benzene rings is 2. The number of hydrogen-bond acceptors (Lipinski definition) is 3. The predicted octanol–water partition coefficient (Wildman–Crippen LogP) is 5.25. The minimum Gasteiger partial charge on any atom is -0.462 e. The zero-order valence-electron chi connectivity index (χ0n) is 16.5. The van der Waals surface area contributed by atoms with Gasteiger partial charge in [-0.05, 0) is 48.4 Å². The average Bonchev–Trinajstić information content (AvgIpc) is 2.71. The van der Waals surface area contributed by atoms with E-state index in [1.54, 1.807) is 6.07 Å². The summed E-state index contributed by atoms with van der Waals surface area (Å²) in [5, 5.41) is 8.82. The third kappa shape index (κ3) is 6.61. The lowest BCUT2D eigenvalue weighted by molar-refractivity contribution is -0.139. The van der Waals surface area contributed by atoms with Gasteiger partial charge in [-0.25, -0.2) is 9.18 Å². The van der Waals surface area contributed by atoms with Gasteiger partial charge < -0.3 is 9.84 Å². The summed E-state index contributed by atoms with van der Waals surface area (Å²) in [7, 11) is 0. The van der Waals surface area contributed by atoms with E-state index in [4.69, 9.17) is 9.84 Å². The van der Waals surface area contributed by atoms with Crippen molar-refractivity contribution >= 4 is 5.97 Å². The van der Waals surface area contributed by atoms with E-state index in [0.717, 1.165) is 42.4 Å². The van der Waals surface area contributed by atoms with Crippen molar-refractivity contribution in [3.8, 4) is 11.1 Å². The molecule has 0 amide bonds. The second-order valence-corrected chi connectivity index (χ2v) is 6.97. The van der Waals surface area contributed by atoms with E-state index in [2.05, 4.69) is 13.5 Å². The van der Waals surface area contributed by atoms with Crippen LogP contribution in [-0.4, -0.2) is 24.3 Å². The molecule has 1 N–H and O–H groups in total. The number of aryl methyl sites for hydroxylation is 2. The van der Waals surface area contributed by atoms with E-state index < -0.39 is 12.6 Å². The van der Waals surface area contributed by atoms with Crippen molar-refractivity contribution in [1.29, 1.82) is 0 Å². The Labute approximate surface area is 166 Å². The number of halogens is 1. The molecule has 0 fully saturated rings. The Bertz CT molecular complexity index is 781. The summed E-state index contributed by atoms with van der Waals surface area (Å²) in [5.41, 5.74) is 3.67. The van der Waals surface area contributed by atoms with Crippen LogP contribution in [0.1, 0.15) is 43.7 Å². The quantitative estimate of drug-likeness (QED) is 0.327. The summed E-state index contributed by atoms with van der Waals surface area (Å²) in [6, 6.07) is 13.3. The third-order valence-electron chi connectivity index (χ3n) is 4.69. The lowest BCUT2D eigenvalue weighted by atomic mass is 9.99. The standard InChI is InChI=1S/C24H29FO3/c1-3-4-5-7-20-11-14-22(23(25)16-20)21-12-9-19(10-13-21)8-6-15-28-24(27)18(2)17-26/h9-14,16,26H,2-8,15,17H2,1H3. The van der Waals surface area contributed by atoms with Gasteiger partial charge in [-0.15, -0.1) is 0 Å². The normalized spacial score (nSPS) is 10.7. The summed E-state index contributed by atoms with van der Waals surface area (Å²) in [6.45, 7) is 5.46. The Kier molecular flexibility index (Phi) is 8.89. The smallest absolute Gasteiger partial charge is 0.335 e. The van der Waals surface area contributed by atoms with Crippen molar-refractivity contribution in [3.63, 3.8) is 0 Å². The molecule has 0 bridgehead atoms. The third-order valence-corrected chi connectivity index (χ3v) is 4.69. The van der Waals surface area contributed by atoms with Crippen LogP contribution < -0.4 is 0 Å². The van der Waals surface area contributed by atoms with Gasteiger partial charge in [-0.2, -0.15) is 0 Å². The largest absolute Gasteiger partial charge is 0.462 e. The number of unbranched alkanes of at least 4 members (excludes halogenated alkanes) is 2. The number of hydrogen-bond donors (Lipinski definition) is 1. The van der Waals surface area contributed by atoms with Gasteiger partial charge in [0.05, 0.1) is 18.8 Å². The Hall–Kier alpha value is -2.46. The van der Waals surface area contributed by atoms with Gasteiger partial charge >= 0.3 is 5.97 Å². The first-order valence-corrected chi connectivity index (χ1v) is 9.88. The molecule has 0 atom stereocenters. The van der Waals surface area contributed by atoms with Crippen LogP contribution in [0.2, 0.25) is 0 Å². The Morgan fingerprint density at radius 3 is 2.36 bits per heavy atom. The van der Waals surface area contributed by atoms with E-state index in [1.807, 2.05) is 36.4 Å². The van der Waals surface area contributed by atoms with E-state index in [9.17, 15) is 9.18 Å². The zero-order valence-corrected chi connectivity index (χ0v) is 16.5. The van der Waals surface area contributed by atoms with Crippen molar-refractivity contribution in [2.75, 3.05) is 13.2 Å². The molecule has 3 nitrogen and oxygen atoms in total. The fourth-order valence-electron chi connectivity index (χ4n) is 2.99. The molecule has 2 rings (SSSR count). The van der Waals surface area contributed by atoms with Crippen molar-refractivity contribution in [2.45, 2.75) is 45.4 Å². The molecule has 0 aromatic heterocycles. The van der Waals surface area contributed by atoms with Crippen LogP contribution in [0.25, 0.3) is 11.1 Å². The van der Waals surface area contributed by atoms with Crippen LogP contribution in [0.15, 0.2) is 54.6 Å². The number of esters is 1. The molecule has 0 heterocycles. The van der Waals surface area contributed by atoms with Crippen LogP contribution in [-0.2, 0) is 22.4 Å². The number of ether oxygens (including phenoxy) is 1. The molecule has 0 unspecified atom stereocenters. The molecule has 0 saturated heterocycles. The molecule has 150 valence electrons. The zero-order chi connectivity index (χ0) is 20.4. The maximum atomic E-state index is 14.5. The van der Waals surface area contributed by atoms with E-state index >= 15 is 0 Å². The number of carbonyl (C=O) groups excluding carboxylic acids is 1. The predicted molar refractivity (Wildman–Crippen MR) is 111 cm³/mol. The number of aliphatic hydroxyl groups is 1.